The molecule has 1 aromatic heterocycles. The zero-order valence-electron chi connectivity index (χ0n) is 10.7. The number of rotatable bonds is 3. The molecule has 3 nitrogen and oxygen atoms in total. The number of para-hydroxylation sites is 1. The van der Waals surface area contributed by atoms with Gasteiger partial charge >= 0.3 is 0 Å². The van der Waals surface area contributed by atoms with Crippen molar-refractivity contribution in [2.75, 3.05) is 0 Å². The van der Waals surface area contributed by atoms with E-state index in [-0.39, 0.29) is 10.6 Å². The molecular formula is C15H11ClF2N2O. The lowest BCUT2D eigenvalue weighted by atomic mass is 10.0. The molecule has 0 amide bonds. The van der Waals surface area contributed by atoms with Crippen molar-refractivity contribution >= 4 is 22.6 Å². The Bertz CT molecular complexity index is 803. The van der Waals surface area contributed by atoms with Crippen molar-refractivity contribution in [3.63, 3.8) is 0 Å². The van der Waals surface area contributed by atoms with Crippen molar-refractivity contribution in [1.82, 2.24) is 5.43 Å². The number of benzene rings is 2. The van der Waals surface area contributed by atoms with Crippen LogP contribution in [-0.2, 0) is 0 Å². The Kier molecular flexibility index (Phi) is 3.63. The van der Waals surface area contributed by atoms with Crippen LogP contribution in [0.15, 0.2) is 46.9 Å². The van der Waals surface area contributed by atoms with E-state index in [1.54, 1.807) is 18.2 Å². The van der Waals surface area contributed by atoms with E-state index in [4.69, 9.17) is 21.9 Å². The molecule has 1 unspecified atom stereocenters. The first kappa shape index (κ1) is 14.0. The number of hydrogen-bond acceptors (Lipinski definition) is 3. The third-order valence-electron chi connectivity index (χ3n) is 3.24. The van der Waals surface area contributed by atoms with Gasteiger partial charge in [-0.2, -0.15) is 0 Å². The van der Waals surface area contributed by atoms with E-state index in [1.807, 2.05) is 0 Å². The van der Waals surface area contributed by atoms with Crippen LogP contribution in [0.1, 0.15) is 17.4 Å². The van der Waals surface area contributed by atoms with E-state index in [1.165, 1.54) is 24.3 Å². The molecule has 0 saturated carbocycles. The summed E-state index contributed by atoms with van der Waals surface area (Å²) in [7, 11) is 0. The average molecular weight is 309 g/mol. The minimum absolute atomic E-state index is 0.144. The van der Waals surface area contributed by atoms with Crippen LogP contribution < -0.4 is 11.3 Å². The molecule has 0 aliphatic rings. The van der Waals surface area contributed by atoms with Crippen molar-refractivity contribution in [2.24, 2.45) is 5.84 Å². The number of furan rings is 1. The predicted molar refractivity (Wildman–Crippen MR) is 76.7 cm³/mol. The highest BCUT2D eigenvalue weighted by Gasteiger charge is 2.21. The molecular weight excluding hydrogens is 298 g/mol. The Morgan fingerprint density at radius 1 is 1.14 bits per heavy atom. The molecule has 0 aliphatic carbocycles. The molecule has 6 heteroatoms. The molecule has 108 valence electrons. The van der Waals surface area contributed by atoms with E-state index in [0.717, 1.165) is 0 Å². The number of nitrogens with two attached hydrogens (primary N) is 1. The van der Waals surface area contributed by atoms with Crippen molar-refractivity contribution in [2.45, 2.75) is 6.04 Å². The predicted octanol–water partition coefficient (Wildman–Crippen LogP) is 3.92. The summed E-state index contributed by atoms with van der Waals surface area (Å²) in [6.07, 6.45) is 0. The van der Waals surface area contributed by atoms with Crippen LogP contribution in [0.4, 0.5) is 8.78 Å². The highest BCUT2D eigenvalue weighted by Crippen LogP contribution is 2.32. The molecule has 0 saturated heterocycles. The van der Waals surface area contributed by atoms with Gasteiger partial charge in [-0.25, -0.2) is 14.2 Å². The smallest absolute Gasteiger partial charge is 0.169 e. The third-order valence-corrected chi connectivity index (χ3v) is 3.57. The molecule has 0 radical (unpaired) electrons. The zero-order valence-corrected chi connectivity index (χ0v) is 11.5. The first-order valence-electron chi connectivity index (χ1n) is 6.19. The Morgan fingerprint density at radius 2 is 1.95 bits per heavy atom. The summed E-state index contributed by atoms with van der Waals surface area (Å²) in [4.78, 5) is 0. The quantitative estimate of drug-likeness (QED) is 0.569. The van der Waals surface area contributed by atoms with Crippen LogP contribution in [0.2, 0.25) is 5.02 Å². The fraction of sp³-hybridized carbons (Fsp3) is 0.0667. The van der Waals surface area contributed by atoms with Gasteiger partial charge in [0.05, 0.1) is 0 Å². The lowest BCUT2D eigenvalue weighted by Crippen LogP contribution is -2.28. The van der Waals surface area contributed by atoms with E-state index < -0.39 is 17.7 Å². The van der Waals surface area contributed by atoms with Crippen LogP contribution in [-0.4, -0.2) is 0 Å². The summed E-state index contributed by atoms with van der Waals surface area (Å²) in [5.74, 6) is 5.03. The standard InChI is InChI=1S/C15H11ClF2N2O/c16-11-7-9(17)4-5-10(11)14(20-19)13-6-8-2-1-3-12(18)15(8)21-13/h1-7,14,20H,19H2. The highest BCUT2D eigenvalue weighted by molar-refractivity contribution is 6.31. The van der Waals surface area contributed by atoms with Crippen molar-refractivity contribution < 1.29 is 13.2 Å². The molecule has 0 spiro atoms. The lowest BCUT2D eigenvalue weighted by Gasteiger charge is -2.15. The molecule has 3 aromatic rings. The number of hydrazine groups is 1. The summed E-state index contributed by atoms with van der Waals surface area (Å²) in [6, 6.07) is 9.65. The minimum Gasteiger partial charge on any atom is -0.456 e. The van der Waals surface area contributed by atoms with Crippen LogP contribution in [0.3, 0.4) is 0 Å². The summed E-state index contributed by atoms with van der Waals surface area (Å²) >= 11 is 6.03. The molecule has 2 aromatic carbocycles. The maximum absolute atomic E-state index is 13.7. The fourth-order valence-electron chi connectivity index (χ4n) is 2.25. The number of fused-ring (bicyclic) bond motifs is 1. The Hall–Kier alpha value is -1.95. The maximum Gasteiger partial charge on any atom is 0.169 e. The van der Waals surface area contributed by atoms with Gasteiger partial charge < -0.3 is 4.42 Å². The summed E-state index contributed by atoms with van der Waals surface area (Å²) in [5, 5.41) is 0.822. The second kappa shape index (κ2) is 5.44. The normalized spacial score (nSPS) is 12.8. The van der Waals surface area contributed by atoms with Crippen LogP contribution in [0.25, 0.3) is 11.0 Å². The molecule has 3 rings (SSSR count). The second-order valence-corrected chi connectivity index (χ2v) is 4.98. The van der Waals surface area contributed by atoms with Gasteiger partial charge in [0.15, 0.2) is 11.4 Å². The molecule has 0 aliphatic heterocycles. The molecule has 1 atom stereocenters. The van der Waals surface area contributed by atoms with Crippen LogP contribution in [0, 0.1) is 11.6 Å². The van der Waals surface area contributed by atoms with Crippen molar-refractivity contribution in [1.29, 1.82) is 0 Å². The Balaban J connectivity index is 2.11. The van der Waals surface area contributed by atoms with Gasteiger partial charge in [0.25, 0.3) is 0 Å². The number of halogens is 3. The number of hydrogen-bond donors (Lipinski definition) is 2. The summed E-state index contributed by atoms with van der Waals surface area (Å²) in [6.45, 7) is 0. The fourth-order valence-corrected chi connectivity index (χ4v) is 2.53. The topological polar surface area (TPSA) is 51.2 Å². The molecule has 3 N–H and O–H groups in total. The summed E-state index contributed by atoms with van der Waals surface area (Å²) in [5.41, 5.74) is 3.24. The van der Waals surface area contributed by atoms with Gasteiger partial charge in [0.1, 0.15) is 17.6 Å². The van der Waals surface area contributed by atoms with Gasteiger partial charge in [0.2, 0.25) is 0 Å². The third kappa shape index (κ3) is 2.51. The maximum atomic E-state index is 13.7. The van der Waals surface area contributed by atoms with E-state index >= 15 is 0 Å². The second-order valence-electron chi connectivity index (χ2n) is 4.57. The zero-order chi connectivity index (χ0) is 15.0. The number of nitrogens with one attached hydrogen (secondary N) is 1. The Labute approximate surface area is 124 Å². The van der Waals surface area contributed by atoms with Gasteiger partial charge in [0, 0.05) is 10.4 Å². The van der Waals surface area contributed by atoms with Gasteiger partial charge in [-0.05, 0) is 29.8 Å². The van der Waals surface area contributed by atoms with Crippen LogP contribution in [0.5, 0.6) is 0 Å². The first-order chi connectivity index (χ1) is 10.1. The van der Waals surface area contributed by atoms with Crippen molar-refractivity contribution in [3.05, 3.63) is 70.4 Å². The van der Waals surface area contributed by atoms with Gasteiger partial charge in [-0.15, -0.1) is 0 Å². The summed E-state index contributed by atoms with van der Waals surface area (Å²) < 4.78 is 32.3. The lowest BCUT2D eigenvalue weighted by molar-refractivity contribution is 0.464. The van der Waals surface area contributed by atoms with E-state index in [0.29, 0.717) is 16.7 Å². The van der Waals surface area contributed by atoms with Gasteiger partial charge in [-0.1, -0.05) is 29.8 Å². The van der Waals surface area contributed by atoms with E-state index in [9.17, 15) is 8.78 Å². The Morgan fingerprint density at radius 3 is 2.62 bits per heavy atom. The monoisotopic (exact) mass is 308 g/mol. The SMILES string of the molecule is NNC(c1cc2cccc(F)c2o1)c1ccc(F)cc1Cl. The molecule has 21 heavy (non-hydrogen) atoms. The molecule has 0 bridgehead atoms. The largest absolute Gasteiger partial charge is 0.456 e. The van der Waals surface area contributed by atoms with Crippen LogP contribution >= 0.6 is 11.6 Å². The molecule has 1 heterocycles. The average Bonchev–Trinajstić information content (AvgIpc) is 2.87. The first-order valence-corrected chi connectivity index (χ1v) is 6.57. The minimum atomic E-state index is -0.607. The van der Waals surface area contributed by atoms with E-state index in [2.05, 4.69) is 5.43 Å². The highest BCUT2D eigenvalue weighted by atomic mass is 35.5. The van der Waals surface area contributed by atoms with Crippen molar-refractivity contribution in [3.8, 4) is 0 Å². The van der Waals surface area contributed by atoms with Gasteiger partial charge in [-0.3, -0.25) is 5.84 Å². The molecule has 0 fully saturated rings.